The zero-order valence-electron chi connectivity index (χ0n) is 14.4. The number of nitrogens with zero attached hydrogens (tertiary/aromatic N) is 3. The highest BCUT2D eigenvalue weighted by molar-refractivity contribution is 5.77. The Morgan fingerprint density at radius 1 is 1.36 bits per heavy atom. The maximum Gasteiger partial charge on any atom is 0.134 e. The molecular formula is C19H23FN4O. The van der Waals surface area contributed by atoms with Crippen LogP contribution in [-0.2, 0) is 20.1 Å². The fourth-order valence-electron chi connectivity index (χ4n) is 3.54. The molecule has 0 amide bonds. The van der Waals surface area contributed by atoms with E-state index in [9.17, 15) is 4.39 Å². The number of benzene rings is 1. The standard InChI is InChI=1S/C19H23FN4O/c1-23-7-6-22-19(23)13-24-12-15(20)9-16(24)10-21-11-17-8-14-4-2-3-5-18(14)25-17/h2-8,15-16,21H,9-13H2,1H3/t15-,16-/m0/s1. The van der Waals surface area contributed by atoms with Gasteiger partial charge in [0, 0.05) is 44.0 Å². The lowest BCUT2D eigenvalue weighted by Crippen LogP contribution is -2.37. The second-order valence-corrected chi connectivity index (χ2v) is 6.75. The van der Waals surface area contributed by atoms with Crippen molar-refractivity contribution in [3.05, 3.63) is 54.3 Å². The lowest BCUT2D eigenvalue weighted by molar-refractivity contribution is 0.222. The van der Waals surface area contributed by atoms with Gasteiger partial charge >= 0.3 is 0 Å². The molecular weight excluding hydrogens is 319 g/mol. The van der Waals surface area contributed by atoms with Crippen LogP contribution in [0.1, 0.15) is 18.0 Å². The van der Waals surface area contributed by atoms with Gasteiger partial charge in [-0.3, -0.25) is 4.90 Å². The van der Waals surface area contributed by atoms with E-state index in [4.69, 9.17) is 4.42 Å². The summed E-state index contributed by atoms with van der Waals surface area (Å²) in [5.74, 6) is 1.88. The SMILES string of the molecule is Cn1ccnc1CN1C[C@@H](F)C[C@H]1CNCc1cc2ccccc2o1. The quantitative estimate of drug-likeness (QED) is 0.748. The molecule has 3 heterocycles. The van der Waals surface area contributed by atoms with Gasteiger partial charge in [-0.05, 0) is 18.6 Å². The van der Waals surface area contributed by atoms with Gasteiger partial charge in [-0.25, -0.2) is 9.37 Å². The van der Waals surface area contributed by atoms with Crippen LogP contribution in [0.3, 0.4) is 0 Å². The van der Waals surface area contributed by atoms with Gasteiger partial charge in [0.05, 0.1) is 13.1 Å². The zero-order valence-corrected chi connectivity index (χ0v) is 14.4. The third kappa shape index (κ3) is 3.60. The molecule has 6 heteroatoms. The third-order valence-electron chi connectivity index (χ3n) is 4.90. The molecule has 1 aromatic carbocycles. The number of hydrogen-bond donors (Lipinski definition) is 1. The zero-order chi connectivity index (χ0) is 17.2. The monoisotopic (exact) mass is 342 g/mol. The first kappa shape index (κ1) is 16.3. The molecule has 132 valence electrons. The second-order valence-electron chi connectivity index (χ2n) is 6.75. The number of aromatic nitrogens is 2. The van der Waals surface area contributed by atoms with E-state index in [1.54, 1.807) is 6.20 Å². The fourth-order valence-corrected chi connectivity index (χ4v) is 3.54. The van der Waals surface area contributed by atoms with Gasteiger partial charge in [-0.15, -0.1) is 0 Å². The molecule has 0 radical (unpaired) electrons. The minimum atomic E-state index is -0.765. The number of imidazole rings is 1. The van der Waals surface area contributed by atoms with Crippen LogP contribution >= 0.6 is 0 Å². The lowest BCUT2D eigenvalue weighted by Gasteiger charge is -2.23. The van der Waals surface area contributed by atoms with Crippen LogP contribution in [0.5, 0.6) is 0 Å². The summed E-state index contributed by atoms with van der Waals surface area (Å²) in [5.41, 5.74) is 0.903. The Labute approximate surface area is 146 Å². The van der Waals surface area contributed by atoms with Crippen LogP contribution in [0.15, 0.2) is 47.1 Å². The van der Waals surface area contributed by atoms with Gasteiger partial charge in [0.1, 0.15) is 23.3 Å². The normalized spacial score (nSPS) is 21.4. The number of furan rings is 1. The third-order valence-corrected chi connectivity index (χ3v) is 4.90. The molecule has 1 fully saturated rings. The van der Waals surface area contributed by atoms with Crippen LogP contribution in [0, 0.1) is 0 Å². The van der Waals surface area contributed by atoms with E-state index < -0.39 is 6.17 Å². The van der Waals surface area contributed by atoms with Crippen molar-refractivity contribution in [3.63, 3.8) is 0 Å². The molecule has 3 aromatic rings. The number of halogens is 1. The van der Waals surface area contributed by atoms with E-state index in [0.29, 0.717) is 26.1 Å². The summed E-state index contributed by atoms with van der Waals surface area (Å²) in [4.78, 5) is 6.53. The van der Waals surface area contributed by atoms with Crippen LogP contribution in [0.2, 0.25) is 0 Å². The minimum Gasteiger partial charge on any atom is -0.460 e. The molecule has 0 spiro atoms. The Bertz CT molecular complexity index is 810. The average molecular weight is 342 g/mol. The fraction of sp³-hybridized carbons (Fsp3) is 0.421. The first-order chi connectivity index (χ1) is 12.2. The molecule has 0 saturated carbocycles. The Morgan fingerprint density at radius 2 is 2.24 bits per heavy atom. The number of hydrogen-bond acceptors (Lipinski definition) is 4. The molecule has 25 heavy (non-hydrogen) atoms. The van der Waals surface area contributed by atoms with Gasteiger partial charge in [0.15, 0.2) is 0 Å². The number of fused-ring (bicyclic) bond motifs is 1. The van der Waals surface area contributed by atoms with Crippen LogP contribution in [-0.4, -0.2) is 39.8 Å². The predicted octanol–water partition coefficient (Wildman–Crippen LogP) is 2.87. The highest BCUT2D eigenvalue weighted by atomic mass is 19.1. The smallest absolute Gasteiger partial charge is 0.134 e. The second kappa shape index (κ2) is 6.98. The van der Waals surface area contributed by atoms with E-state index in [1.165, 1.54) is 0 Å². The van der Waals surface area contributed by atoms with Gasteiger partial charge < -0.3 is 14.3 Å². The molecule has 1 aliphatic rings. The first-order valence-corrected chi connectivity index (χ1v) is 8.71. The van der Waals surface area contributed by atoms with Gasteiger partial charge in [0.2, 0.25) is 0 Å². The summed E-state index contributed by atoms with van der Waals surface area (Å²) < 4.78 is 21.7. The van der Waals surface area contributed by atoms with Crippen molar-refractivity contribution in [3.8, 4) is 0 Å². The molecule has 1 N–H and O–H groups in total. The van der Waals surface area contributed by atoms with E-state index in [1.807, 2.05) is 42.1 Å². The number of para-hydroxylation sites is 1. The summed E-state index contributed by atoms with van der Waals surface area (Å²) in [7, 11) is 1.97. The van der Waals surface area contributed by atoms with Crippen molar-refractivity contribution in [2.24, 2.45) is 7.05 Å². The summed E-state index contributed by atoms with van der Waals surface area (Å²) in [6.07, 6.45) is 3.51. The Hall–Kier alpha value is -2.18. The average Bonchev–Trinajstić information content (AvgIpc) is 3.27. The molecule has 0 aliphatic carbocycles. The molecule has 0 unspecified atom stereocenters. The molecule has 2 aromatic heterocycles. The number of alkyl halides is 1. The van der Waals surface area contributed by atoms with Crippen molar-refractivity contribution < 1.29 is 8.81 Å². The maximum atomic E-state index is 13.9. The predicted molar refractivity (Wildman–Crippen MR) is 94.8 cm³/mol. The topological polar surface area (TPSA) is 46.2 Å². The molecule has 1 saturated heterocycles. The maximum absolute atomic E-state index is 13.9. The van der Waals surface area contributed by atoms with Gasteiger partial charge in [-0.1, -0.05) is 18.2 Å². The summed E-state index contributed by atoms with van der Waals surface area (Å²) >= 11 is 0. The summed E-state index contributed by atoms with van der Waals surface area (Å²) in [6, 6.07) is 10.2. The van der Waals surface area contributed by atoms with Crippen LogP contribution in [0.4, 0.5) is 4.39 Å². The van der Waals surface area contributed by atoms with Crippen molar-refractivity contribution in [1.29, 1.82) is 0 Å². The molecule has 1 aliphatic heterocycles. The van der Waals surface area contributed by atoms with E-state index >= 15 is 0 Å². The highest BCUT2D eigenvalue weighted by Crippen LogP contribution is 2.22. The van der Waals surface area contributed by atoms with Gasteiger partial charge in [-0.2, -0.15) is 0 Å². The number of aryl methyl sites for hydroxylation is 1. The Morgan fingerprint density at radius 3 is 3.04 bits per heavy atom. The van der Waals surface area contributed by atoms with Crippen molar-refractivity contribution in [2.45, 2.75) is 31.7 Å². The summed E-state index contributed by atoms with van der Waals surface area (Å²) in [6.45, 7) is 2.55. The van der Waals surface area contributed by atoms with Crippen LogP contribution < -0.4 is 5.32 Å². The molecule has 5 nitrogen and oxygen atoms in total. The van der Waals surface area contributed by atoms with Gasteiger partial charge in [0.25, 0.3) is 0 Å². The Balaban J connectivity index is 1.35. The number of nitrogens with one attached hydrogen (secondary N) is 1. The van der Waals surface area contributed by atoms with E-state index in [-0.39, 0.29) is 6.04 Å². The molecule has 4 rings (SSSR count). The van der Waals surface area contributed by atoms with E-state index in [2.05, 4.69) is 21.3 Å². The highest BCUT2D eigenvalue weighted by Gasteiger charge is 2.32. The minimum absolute atomic E-state index is 0.177. The van der Waals surface area contributed by atoms with Crippen molar-refractivity contribution >= 4 is 11.0 Å². The largest absolute Gasteiger partial charge is 0.460 e. The molecule has 0 bridgehead atoms. The number of rotatable bonds is 6. The number of likely N-dealkylation sites (tertiary alicyclic amines) is 1. The summed E-state index contributed by atoms with van der Waals surface area (Å²) in [5, 5.41) is 4.53. The van der Waals surface area contributed by atoms with Crippen molar-refractivity contribution in [2.75, 3.05) is 13.1 Å². The van der Waals surface area contributed by atoms with Crippen molar-refractivity contribution in [1.82, 2.24) is 19.8 Å². The molecule has 2 atom stereocenters. The Kier molecular flexibility index (Phi) is 4.55. The first-order valence-electron chi connectivity index (χ1n) is 8.71. The lowest BCUT2D eigenvalue weighted by atomic mass is 10.2. The van der Waals surface area contributed by atoms with E-state index in [0.717, 1.165) is 29.1 Å². The van der Waals surface area contributed by atoms with Crippen LogP contribution in [0.25, 0.3) is 11.0 Å².